The zero-order valence-electron chi connectivity index (χ0n) is 13.2. The van der Waals surface area contributed by atoms with Crippen LogP contribution in [0, 0.1) is 5.92 Å². The molecule has 1 aliphatic heterocycles. The van der Waals surface area contributed by atoms with Crippen LogP contribution in [0.2, 0.25) is 4.82 Å². The van der Waals surface area contributed by atoms with Crippen molar-refractivity contribution >= 4 is 25.4 Å². The Bertz CT molecular complexity index is 644. The van der Waals surface area contributed by atoms with Crippen molar-refractivity contribution in [2.24, 2.45) is 5.92 Å². The van der Waals surface area contributed by atoms with Gasteiger partial charge in [0.05, 0.1) is 0 Å². The van der Waals surface area contributed by atoms with Gasteiger partial charge in [-0.05, 0) is 0 Å². The fraction of sp³-hybridized carbons (Fsp3) is 0.316. The summed E-state index contributed by atoms with van der Waals surface area (Å²) in [4.78, 5) is 12.6. The molecular formula is C19H20O3Se. The fourth-order valence-electron chi connectivity index (χ4n) is 3.01. The van der Waals surface area contributed by atoms with Crippen LogP contribution in [-0.2, 0) is 14.3 Å². The minimum absolute atomic E-state index is 0.0320. The summed E-state index contributed by atoms with van der Waals surface area (Å²) >= 11 is 0.156. The number of carbonyl (C=O) groups excluding carboxylic acids is 1. The quantitative estimate of drug-likeness (QED) is 0.609. The molecular weight excluding hydrogens is 355 g/mol. The van der Waals surface area contributed by atoms with Gasteiger partial charge in [0, 0.05) is 0 Å². The van der Waals surface area contributed by atoms with Gasteiger partial charge in [0.25, 0.3) is 0 Å². The van der Waals surface area contributed by atoms with E-state index < -0.39 is 0 Å². The van der Waals surface area contributed by atoms with Crippen LogP contribution in [0.4, 0.5) is 0 Å². The molecule has 0 aliphatic carbocycles. The normalized spacial score (nSPS) is 26.9. The molecule has 0 radical (unpaired) electrons. The molecule has 3 rings (SSSR count). The van der Waals surface area contributed by atoms with Gasteiger partial charge >= 0.3 is 143 Å². The summed E-state index contributed by atoms with van der Waals surface area (Å²) in [6.45, 7) is 2.06. The Labute approximate surface area is 143 Å². The molecule has 0 saturated carbocycles. The zero-order chi connectivity index (χ0) is 16.2. The van der Waals surface area contributed by atoms with Crippen molar-refractivity contribution in [3.05, 3.63) is 66.2 Å². The Kier molecular flexibility index (Phi) is 5.16. The number of esters is 1. The third-order valence-corrected chi connectivity index (χ3v) is 7.25. The molecule has 1 saturated heterocycles. The van der Waals surface area contributed by atoms with Crippen LogP contribution in [0.5, 0.6) is 0 Å². The van der Waals surface area contributed by atoms with Crippen molar-refractivity contribution < 1.29 is 14.3 Å². The maximum atomic E-state index is 12.5. The number of benzene rings is 2. The Balaban J connectivity index is 1.90. The second kappa shape index (κ2) is 7.31. The van der Waals surface area contributed by atoms with E-state index in [4.69, 9.17) is 9.47 Å². The van der Waals surface area contributed by atoms with Crippen molar-refractivity contribution in [2.75, 3.05) is 7.11 Å². The van der Waals surface area contributed by atoms with Gasteiger partial charge in [-0.2, -0.15) is 0 Å². The van der Waals surface area contributed by atoms with E-state index in [1.54, 1.807) is 0 Å². The number of methoxy groups -OCH3 is 1. The molecule has 4 heteroatoms. The van der Waals surface area contributed by atoms with Gasteiger partial charge in [-0.15, -0.1) is 0 Å². The average Bonchev–Trinajstić information content (AvgIpc) is 2.92. The van der Waals surface area contributed by atoms with Crippen LogP contribution in [0.15, 0.2) is 60.7 Å². The molecule has 1 heterocycles. The van der Waals surface area contributed by atoms with Gasteiger partial charge in [0.1, 0.15) is 0 Å². The maximum absolute atomic E-state index is 12.5. The van der Waals surface area contributed by atoms with Crippen molar-refractivity contribution in [1.29, 1.82) is 0 Å². The van der Waals surface area contributed by atoms with Gasteiger partial charge in [-0.3, -0.25) is 0 Å². The molecule has 0 aromatic heterocycles. The topological polar surface area (TPSA) is 35.5 Å². The van der Waals surface area contributed by atoms with E-state index in [-0.39, 0.29) is 43.9 Å². The van der Waals surface area contributed by atoms with E-state index in [9.17, 15) is 4.79 Å². The first-order chi connectivity index (χ1) is 11.2. The number of rotatable bonds is 4. The van der Waals surface area contributed by atoms with Crippen molar-refractivity contribution in [3.63, 3.8) is 0 Å². The molecule has 0 unspecified atom stereocenters. The van der Waals surface area contributed by atoms with Gasteiger partial charge in [-0.1, -0.05) is 0 Å². The average molecular weight is 375 g/mol. The van der Waals surface area contributed by atoms with Crippen molar-refractivity contribution in [1.82, 2.24) is 0 Å². The SMILES string of the molecule is COC(=O)[C@@H]1[C@@H]([Se]c2ccccc2)[C@H](C)O[C@H]1c1ccccc1. The number of carbonyl (C=O) groups is 1. The van der Waals surface area contributed by atoms with Crippen LogP contribution < -0.4 is 4.46 Å². The van der Waals surface area contributed by atoms with Gasteiger partial charge < -0.3 is 0 Å². The Morgan fingerprint density at radius 3 is 2.26 bits per heavy atom. The number of hydrogen-bond donors (Lipinski definition) is 0. The van der Waals surface area contributed by atoms with E-state index in [1.165, 1.54) is 11.6 Å². The first-order valence-electron chi connectivity index (χ1n) is 7.70. The van der Waals surface area contributed by atoms with Crippen molar-refractivity contribution in [2.45, 2.75) is 23.9 Å². The molecule has 23 heavy (non-hydrogen) atoms. The van der Waals surface area contributed by atoms with E-state index >= 15 is 0 Å². The fourth-order valence-corrected chi connectivity index (χ4v) is 5.70. The molecule has 3 nitrogen and oxygen atoms in total. The second-order valence-electron chi connectivity index (χ2n) is 5.62. The molecule has 0 spiro atoms. The number of hydrogen-bond acceptors (Lipinski definition) is 3. The number of ether oxygens (including phenoxy) is 2. The Hall–Kier alpha value is -1.61. The van der Waals surface area contributed by atoms with E-state index in [1.807, 2.05) is 48.5 Å². The first kappa shape index (κ1) is 16.3. The van der Waals surface area contributed by atoms with Gasteiger partial charge in [-0.25, -0.2) is 0 Å². The van der Waals surface area contributed by atoms with Crippen LogP contribution in [0.25, 0.3) is 0 Å². The van der Waals surface area contributed by atoms with Crippen LogP contribution in [0.1, 0.15) is 18.6 Å². The molecule has 0 bridgehead atoms. The molecule has 4 atom stereocenters. The van der Waals surface area contributed by atoms with E-state index in [2.05, 4.69) is 19.1 Å². The Morgan fingerprint density at radius 2 is 1.65 bits per heavy atom. The summed E-state index contributed by atoms with van der Waals surface area (Å²) < 4.78 is 12.6. The molecule has 0 N–H and O–H groups in total. The second-order valence-corrected chi connectivity index (χ2v) is 8.24. The Morgan fingerprint density at radius 1 is 1.04 bits per heavy atom. The molecule has 1 aliphatic rings. The third-order valence-electron chi connectivity index (χ3n) is 4.12. The molecule has 2 aromatic rings. The van der Waals surface area contributed by atoms with Crippen LogP contribution in [-0.4, -0.2) is 34.1 Å². The predicted molar refractivity (Wildman–Crippen MR) is 90.8 cm³/mol. The molecule has 1 fully saturated rings. The third kappa shape index (κ3) is 3.50. The zero-order valence-corrected chi connectivity index (χ0v) is 14.9. The summed E-state index contributed by atoms with van der Waals surface area (Å²) in [5, 5.41) is 0. The predicted octanol–water partition coefficient (Wildman–Crippen LogP) is 2.75. The van der Waals surface area contributed by atoms with Gasteiger partial charge in [0.15, 0.2) is 0 Å². The van der Waals surface area contributed by atoms with Crippen molar-refractivity contribution in [3.8, 4) is 0 Å². The summed E-state index contributed by atoms with van der Waals surface area (Å²) in [7, 11) is 1.46. The van der Waals surface area contributed by atoms with Gasteiger partial charge in [0.2, 0.25) is 0 Å². The minimum atomic E-state index is -0.252. The van der Waals surface area contributed by atoms with Crippen LogP contribution >= 0.6 is 0 Å². The molecule has 120 valence electrons. The van der Waals surface area contributed by atoms with E-state index in [0.29, 0.717) is 0 Å². The standard InChI is InChI=1S/C19H20O3Se/c1-13-18(23-15-11-7-4-8-12-15)16(19(20)21-2)17(22-13)14-9-5-3-6-10-14/h3-13,16-18H,1-2H3/t13-,16-,17-,18-/m0/s1. The summed E-state index contributed by atoms with van der Waals surface area (Å²) in [6.07, 6.45) is -0.196. The summed E-state index contributed by atoms with van der Waals surface area (Å²) in [6, 6.07) is 20.3. The summed E-state index contributed by atoms with van der Waals surface area (Å²) in [5.74, 6) is -0.427. The van der Waals surface area contributed by atoms with E-state index in [0.717, 1.165) is 5.56 Å². The van der Waals surface area contributed by atoms with Crippen LogP contribution in [0.3, 0.4) is 0 Å². The first-order valence-corrected chi connectivity index (χ1v) is 9.55. The monoisotopic (exact) mass is 376 g/mol. The summed E-state index contributed by atoms with van der Waals surface area (Å²) in [5.41, 5.74) is 1.04. The molecule has 0 amide bonds. The molecule has 2 aromatic carbocycles.